The first-order valence-corrected chi connectivity index (χ1v) is 8.83. The Bertz CT molecular complexity index is 572. The number of ether oxygens (including phenoxy) is 2. The van der Waals surface area contributed by atoms with E-state index in [0.29, 0.717) is 32.2 Å². The molecule has 1 atom stereocenters. The van der Waals surface area contributed by atoms with E-state index in [0.717, 1.165) is 36.4 Å². The third-order valence-corrected chi connectivity index (χ3v) is 4.89. The zero-order valence-corrected chi connectivity index (χ0v) is 14.4. The van der Waals surface area contributed by atoms with Crippen LogP contribution in [0.15, 0.2) is 18.2 Å². The molecule has 0 bridgehead atoms. The number of benzene rings is 1. The topological polar surface area (TPSA) is 33.7 Å². The van der Waals surface area contributed by atoms with E-state index >= 15 is 0 Å². The number of alkyl halides is 3. The number of fused-ring (bicyclic) bond motifs is 1. The van der Waals surface area contributed by atoms with Gasteiger partial charge in [0.05, 0.1) is 6.54 Å². The predicted molar refractivity (Wildman–Crippen MR) is 89.1 cm³/mol. The van der Waals surface area contributed by atoms with Gasteiger partial charge < -0.3 is 14.8 Å². The average molecular weight is 358 g/mol. The number of likely N-dealkylation sites (tertiary alicyclic amines) is 1. The Morgan fingerprint density at radius 3 is 2.52 bits per heavy atom. The van der Waals surface area contributed by atoms with Crippen LogP contribution in [0.1, 0.15) is 31.4 Å². The summed E-state index contributed by atoms with van der Waals surface area (Å²) >= 11 is 0. The molecule has 0 aliphatic carbocycles. The summed E-state index contributed by atoms with van der Waals surface area (Å²) in [4.78, 5) is 1.50. The normalized spacial score (nSPS) is 20.5. The smallest absolute Gasteiger partial charge is 0.401 e. The average Bonchev–Trinajstić information content (AvgIpc) is 2.59. The zero-order valence-electron chi connectivity index (χ0n) is 14.4. The van der Waals surface area contributed by atoms with Crippen LogP contribution < -0.4 is 14.8 Å². The van der Waals surface area contributed by atoms with Gasteiger partial charge in [-0.2, -0.15) is 13.2 Å². The summed E-state index contributed by atoms with van der Waals surface area (Å²) in [6.45, 7) is 4.29. The first-order chi connectivity index (χ1) is 11.9. The second-order valence-electron chi connectivity index (χ2n) is 6.87. The van der Waals surface area contributed by atoms with Gasteiger partial charge in [-0.05, 0) is 63.0 Å². The first-order valence-electron chi connectivity index (χ1n) is 8.83. The maximum atomic E-state index is 12.4. The summed E-state index contributed by atoms with van der Waals surface area (Å²) in [5.41, 5.74) is 1.12. The number of hydrogen-bond acceptors (Lipinski definition) is 4. The molecule has 7 heteroatoms. The highest BCUT2D eigenvalue weighted by molar-refractivity contribution is 5.44. The molecule has 1 N–H and O–H groups in total. The van der Waals surface area contributed by atoms with Crippen molar-refractivity contribution in [3.8, 4) is 11.5 Å². The molecule has 3 rings (SSSR count). The molecule has 1 aromatic carbocycles. The summed E-state index contributed by atoms with van der Waals surface area (Å²) in [7, 11) is 0. The van der Waals surface area contributed by atoms with Crippen LogP contribution in [0.2, 0.25) is 0 Å². The highest BCUT2D eigenvalue weighted by atomic mass is 19.4. The molecule has 0 aromatic heterocycles. The lowest BCUT2D eigenvalue weighted by molar-refractivity contribution is -0.148. The Morgan fingerprint density at radius 1 is 1.16 bits per heavy atom. The summed E-state index contributed by atoms with van der Waals surface area (Å²) in [5.74, 6) is 1.97. The van der Waals surface area contributed by atoms with Crippen LogP contribution in [0.3, 0.4) is 0 Å². The van der Waals surface area contributed by atoms with Crippen molar-refractivity contribution in [1.29, 1.82) is 0 Å². The van der Waals surface area contributed by atoms with Gasteiger partial charge in [0.1, 0.15) is 13.2 Å². The molecular formula is C18H25F3N2O2. The van der Waals surface area contributed by atoms with Crippen molar-refractivity contribution in [2.24, 2.45) is 5.92 Å². The Hall–Kier alpha value is -1.47. The van der Waals surface area contributed by atoms with E-state index in [1.54, 1.807) is 0 Å². The monoisotopic (exact) mass is 358 g/mol. The van der Waals surface area contributed by atoms with Crippen molar-refractivity contribution < 1.29 is 22.6 Å². The molecule has 2 aliphatic heterocycles. The fourth-order valence-electron chi connectivity index (χ4n) is 3.39. The van der Waals surface area contributed by atoms with E-state index in [4.69, 9.17) is 9.47 Å². The minimum atomic E-state index is -4.10. The van der Waals surface area contributed by atoms with Crippen LogP contribution in [0.25, 0.3) is 0 Å². The van der Waals surface area contributed by atoms with Gasteiger partial charge in [0.25, 0.3) is 0 Å². The van der Waals surface area contributed by atoms with Crippen LogP contribution in [0.5, 0.6) is 11.5 Å². The van der Waals surface area contributed by atoms with Gasteiger partial charge in [0, 0.05) is 6.04 Å². The van der Waals surface area contributed by atoms with Gasteiger partial charge in [-0.15, -0.1) is 0 Å². The second-order valence-corrected chi connectivity index (χ2v) is 6.87. The van der Waals surface area contributed by atoms with Crippen LogP contribution in [0, 0.1) is 5.92 Å². The van der Waals surface area contributed by atoms with Gasteiger partial charge >= 0.3 is 6.18 Å². The molecule has 25 heavy (non-hydrogen) atoms. The molecule has 140 valence electrons. The van der Waals surface area contributed by atoms with Crippen molar-refractivity contribution in [2.45, 2.75) is 32.0 Å². The summed E-state index contributed by atoms with van der Waals surface area (Å²) in [6, 6.07) is 6.11. The fraction of sp³-hybridized carbons (Fsp3) is 0.667. The van der Waals surface area contributed by atoms with Gasteiger partial charge in [-0.3, -0.25) is 4.90 Å². The van der Waals surface area contributed by atoms with Crippen molar-refractivity contribution >= 4 is 0 Å². The van der Waals surface area contributed by atoms with Crippen molar-refractivity contribution in [3.63, 3.8) is 0 Å². The first kappa shape index (κ1) is 18.3. The van der Waals surface area contributed by atoms with E-state index < -0.39 is 12.7 Å². The highest BCUT2D eigenvalue weighted by Gasteiger charge is 2.32. The lowest BCUT2D eigenvalue weighted by Crippen LogP contribution is -2.42. The standard InChI is InChI=1S/C18H25F3N2O2/c1-13(15-2-3-16-17(10-15)25-9-8-24-16)22-11-14-4-6-23(7-5-14)12-18(19,20)21/h2-3,10,13-14,22H,4-9,11-12H2,1H3. The Kier molecular flexibility index (Phi) is 5.74. The molecule has 4 nitrogen and oxygen atoms in total. The minimum Gasteiger partial charge on any atom is -0.486 e. The molecule has 0 spiro atoms. The van der Waals surface area contributed by atoms with Crippen molar-refractivity contribution in [1.82, 2.24) is 10.2 Å². The molecule has 1 fully saturated rings. The Balaban J connectivity index is 1.45. The molecule has 2 heterocycles. The molecule has 1 saturated heterocycles. The Morgan fingerprint density at radius 2 is 1.84 bits per heavy atom. The number of piperidine rings is 1. The molecule has 1 aromatic rings. The third kappa shape index (κ3) is 5.25. The quantitative estimate of drug-likeness (QED) is 0.875. The number of hydrogen-bond donors (Lipinski definition) is 1. The van der Waals surface area contributed by atoms with E-state index in [1.807, 2.05) is 18.2 Å². The van der Waals surface area contributed by atoms with Crippen molar-refractivity contribution in [2.75, 3.05) is 39.4 Å². The largest absolute Gasteiger partial charge is 0.486 e. The van der Waals surface area contributed by atoms with E-state index in [2.05, 4.69) is 12.2 Å². The maximum absolute atomic E-state index is 12.4. The lowest BCUT2D eigenvalue weighted by atomic mass is 9.96. The molecule has 0 saturated carbocycles. The summed E-state index contributed by atoms with van der Waals surface area (Å²) in [5, 5.41) is 3.50. The third-order valence-electron chi connectivity index (χ3n) is 4.89. The van der Waals surface area contributed by atoms with Gasteiger partial charge in [0.15, 0.2) is 11.5 Å². The number of nitrogens with zero attached hydrogens (tertiary/aromatic N) is 1. The summed E-state index contributed by atoms with van der Waals surface area (Å²) in [6.07, 6.45) is -2.49. The molecule has 2 aliphatic rings. The predicted octanol–water partition coefficient (Wildman–Crippen LogP) is 3.38. The lowest BCUT2D eigenvalue weighted by Gasteiger charge is -2.33. The minimum absolute atomic E-state index is 0.157. The zero-order chi connectivity index (χ0) is 17.9. The summed E-state index contributed by atoms with van der Waals surface area (Å²) < 4.78 is 48.4. The Labute approximate surface area is 146 Å². The highest BCUT2D eigenvalue weighted by Crippen LogP contribution is 2.32. The number of nitrogens with one attached hydrogen (secondary N) is 1. The maximum Gasteiger partial charge on any atom is 0.401 e. The number of rotatable bonds is 5. The van der Waals surface area contributed by atoms with Crippen LogP contribution in [-0.4, -0.2) is 50.5 Å². The van der Waals surface area contributed by atoms with Crippen molar-refractivity contribution in [3.05, 3.63) is 23.8 Å². The SMILES string of the molecule is CC(NCC1CCN(CC(F)(F)F)CC1)c1ccc2c(c1)OCCO2. The van der Waals surface area contributed by atoms with E-state index in [1.165, 1.54) is 4.90 Å². The molecule has 1 unspecified atom stereocenters. The van der Waals surface area contributed by atoms with Crippen LogP contribution in [-0.2, 0) is 0 Å². The number of halogens is 3. The van der Waals surface area contributed by atoms with E-state index in [9.17, 15) is 13.2 Å². The molecule has 0 radical (unpaired) electrons. The van der Waals surface area contributed by atoms with Crippen LogP contribution in [0.4, 0.5) is 13.2 Å². The molecular weight excluding hydrogens is 333 g/mol. The second kappa shape index (κ2) is 7.83. The van der Waals surface area contributed by atoms with Gasteiger partial charge in [-0.25, -0.2) is 0 Å². The van der Waals surface area contributed by atoms with Gasteiger partial charge in [-0.1, -0.05) is 6.07 Å². The molecule has 0 amide bonds. The fourth-order valence-corrected chi connectivity index (χ4v) is 3.39. The van der Waals surface area contributed by atoms with E-state index in [-0.39, 0.29) is 6.04 Å². The van der Waals surface area contributed by atoms with Crippen LogP contribution >= 0.6 is 0 Å². The van der Waals surface area contributed by atoms with Gasteiger partial charge in [0.2, 0.25) is 0 Å².